The summed E-state index contributed by atoms with van der Waals surface area (Å²) in [6, 6.07) is 10.0. The topological polar surface area (TPSA) is 127 Å². The fourth-order valence-corrected chi connectivity index (χ4v) is 4.75. The van der Waals surface area contributed by atoms with Crippen molar-refractivity contribution in [3.63, 3.8) is 0 Å². The summed E-state index contributed by atoms with van der Waals surface area (Å²) in [4.78, 5) is 36.1. The number of likely N-dealkylation sites (N-methyl/N-ethyl adjacent to an activating group) is 1. The SMILES string of the molecule is COc1cc(NC(=O)C(=N)/C=C2\C(N)=NCCN2Cc2cc(Cl)ccc2Cl)ccc1C(=O)N1CCN(C)CC1. The highest BCUT2D eigenvalue weighted by molar-refractivity contribution is 6.46. The van der Waals surface area contributed by atoms with Crippen molar-refractivity contribution in [2.24, 2.45) is 10.7 Å². The van der Waals surface area contributed by atoms with Crippen molar-refractivity contribution in [3.8, 4) is 5.75 Å². The molecular formula is C27H31Cl2N7O3. The zero-order valence-electron chi connectivity index (χ0n) is 21.8. The Morgan fingerprint density at radius 2 is 1.87 bits per heavy atom. The molecule has 1 saturated heterocycles. The van der Waals surface area contributed by atoms with Crippen molar-refractivity contribution < 1.29 is 14.3 Å². The summed E-state index contributed by atoms with van der Waals surface area (Å²) in [5.74, 6) is -0.204. The molecule has 2 aliphatic heterocycles. The Morgan fingerprint density at radius 3 is 2.59 bits per heavy atom. The smallest absolute Gasteiger partial charge is 0.273 e. The van der Waals surface area contributed by atoms with Crippen LogP contribution in [0, 0.1) is 5.41 Å². The highest BCUT2D eigenvalue weighted by Crippen LogP contribution is 2.26. The van der Waals surface area contributed by atoms with Crippen LogP contribution in [0.2, 0.25) is 10.0 Å². The van der Waals surface area contributed by atoms with Crippen LogP contribution in [0.4, 0.5) is 5.69 Å². The minimum atomic E-state index is -0.651. The molecule has 39 heavy (non-hydrogen) atoms. The van der Waals surface area contributed by atoms with Gasteiger partial charge < -0.3 is 30.5 Å². The minimum Gasteiger partial charge on any atom is -0.496 e. The lowest BCUT2D eigenvalue weighted by Crippen LogP contribution is -2.47. The van der Waals surface area contributed by atoms with E-state index in [4.69, 9.17) is 39.1 Å². The minimum absolute atomic E-state index is 0.123. The number of piperazine rings is 1. The van der Waals surface area contributed by atoms with Gasteiger partial charge in [0.05, 0.1) is 24.9 Å². The highest BCUT2D eigenvalue weighted by atomic mass is 35.5. The van der Waals surface area contributed by atoms with Gasteiger partial charge in [0.15, 0.2) is 0 Å². The number of anilines is 1. The maximum atomic E-state index is 13.0. The summed E-state index contributed by atoms with van der Waals surface area (Å²) in [6.07, 6.45) is 1.38. The van der Waals surface area contributed by atoms with Crippen molar-refractivity contribution in [3.05, 3.63) is 69.3 Å². The Kier molecular flexibility index (Phi) is 9.11. The molecule has 206 valence electrons. The number of aliphatic imine (C=N–C) groups is 1. The number of rotatable bonds is 7. The molecule has 0 saturated carbocycles. The third-order valence-corrected chi connectivity index (χ3v) is 7.23. The summed E-state index contributed by atoms with van der Waals surface area (Å²) >= 11 is 12.5. The van der Waals surface area contributed by atoms with E-state index in [0.717, 1.165) is 18.7 Å². The predicted octanol–water partition coefficient (Wildman–Crippen LogP) is 3.10. The second kappa shape index (κ2) is 12.5. The molecule has 0 bridgehead atoms. The zero-order chi connectivity index (χ0) is 28.1. The van der Waals surface area contributed by atoms with Gasteiger partial charge in [0.1, 0.15) is 17.3 Å². The average Bonchev–Trinajstić information content (AvgIpc) is 2.92. The number of carbonyl (C=O) groups excluding carboxylic acids is 2. The summed E-state index contributed by atoms with van der Waals surface area (Å²) in [7, 11) is 3.50. The first-order valence-electron chi connectivity index (χ1n) is 12.4. The van der Waals surface area contributed by atoms with Gasteiger partial charge in [0.2, 0.25) is 0 Å². The van der Waals surface area contributed by atoms with Gasteiger partial charge in [-0.3, -0.25) is 20.0 Å². The summed E-state index contributed by atoms with van der Waals surface area (Å²) in [6.45, 7) is 4.27. The van der Waals surface area contributed by atoms with Gasteiger partial charge in [-0.1, -0.05) is 23.2 Å². The van der Waals surface area contributed by atoms with Gasteiger partial charge in [0, 0.05) is 61.1 Å². The molecule has 0 aliphatic carbocycles. The van der Waals surface area contributed by atoms with Crippen LogP contribution in [0.3, 0.4) is 0 Å². The largest absolute Gasteiger partial charge is 0.496 e. The van der Waals surface area contributed by atoms with E-state index in [9.17, 15) is 9.59 Å². The number of methoxy groups -OCH3 is 1. The van der Waals surface area contributed by atoms with Gasteiger partial charge in [-0.25, -0.2) is 0 Å². The van der Waals surface area contributed by atoms with Crippen molar-refractivity contribution in [2.45, 2.75) is 6.54 Å². The Balaban J connectivity index is 1.48. The number of hydrogen-bond acceptors (Lipinski definition) is 8. The Morgan fingerprint density at radius 1 is 1.13 bits per heavy atom. The molecule has 2 aromatic carbocycles. The molecule has 4 rings (SSSR count). The van der Waals surface area contributed by atoms with Crippen LogP contribution in [-0.4, -0.2) is 91.5 Å². The van der Waals surface area contributed by atoms with E-state index in [-0.39, 0.29) is 17.5 Å². The third-order valence-electron chi connectivity index (χ3n) is 6.63. The second-order valence-corrected chi connectivity index (χ2v) is 10.2. The Labute approximate surface area is 237 Å². The Bertz CT molecular complexity index is 1340. The van der Waals surface area contributed by atoms with Crippen molar-refractivity contribution in [1.29, 1.82) is 5.41 Å². The lowest BCUT2D eigenvalue weighted by molar-refractivity contribution is -0.110. The quantitative estimate of drug-likeness (QED) is 0.438. The summed E-state index contributed by atoms with van der Waals surface area (Å²) in [5.41, 5.74) is 7.87. The van der Waals surface area contributed by atoms with Gasteiger partial charge >= 0.3 is 0 Å². The molecule has 0 spiro atoms. The van der Waals surface area contributed by atoms with Gasteiger partial charge in [-0.05, 0) is 49.0 Å². The molecule has 0 radical (unpaired) electrons. The summed E-state index contributed by atoms with van der Waals surface area (Å²) < 4.78 is 5.45. The summed E-state index contributed by atoms with van der Waals surface area (Å²) in [5, 5.41) is 12.2. The van der Waals surface area contributed by atoms with E-state index in [2.05, 4.69) is 15.2 Å². The van der Waals surface area contributed by atoms with Gasteiger partial charge in [-0.2, -0.15) is 0 Å². The van der Waals surface area contributed by atoms with E-state index in [0.29, 0.717) is 65.5 Å². The monoisotopic (exact) mass is 571 g/mol. The van der Waals surface area contributed by atoms with E-state index in [1.807, 2.05) is 11.9 Å². The lowest BCUT2D eigenvalue weighted by atomic mass is 10.1. The number of amides is 2. The number of nitrogens with one attached hydrogen (secondary N) is 2. The fourth-order valence-electron chi connectivity index (χ4n) is 4.38. The number of carbonyl (C=O) groups is 2. The molecule has 2 amide bonds. The molecule has 0 aromatic heterocycles. The van der Waals surface area contributed by atoms with E-state index >= 15 is 0 Å². The molecule has 10 nitrogen and oxygen atoms in total. The van der Waals surface area contributed by atoms with Crippen LogP contribution in [0.1, 0.15) is 15.9 Å². The van der Waals surface area contributed by atoms with Crippen LogP contribution in [0.25, 0.3) is 0 Å². The standard InChI is InChI=1S/C27H31Cl2N7O3/c1-34-9-11-35(12-10-34)27(38)20-5-4-19(14-24(20)39-2)33-26(37)22(30)15-23-25(31)32-7-8-36(23)16-17-13-18(28)3-6-21(17)29/h3-6,13-15,30H,7-12,16H2,1-2H3,(H2,31,32)(H,33,37)/b23-15+,30-22?. The number of amidine groups is 1. The number of nitrogens with two attached hydrogens (primary N) is 1. The van der Waals surface area contributed by atoms with Crippen LogP contribution in [-0.2, 0) is 11.3 Å². The fraction of sp³-hybridized carbons (Fsp3) is 0.333. The number of benzene rings is 2. The van der Waals surface area contributed by atoms with Gasteiger partial charge in [0.25, 0.3) is 11.8 Å². The third kappa shape index (κ3) is 6.89. The zero-order valence-corrected chi connectivity index (χ0v) is 23.3. The number of ether oxygens (including phenoxy) is 1. The maximum Gasteiger partial charge on any atom is 0.273 e. The molecule has 0 unspecified atom stereocenters. The first-order valence-corrected chi connectivity index (χ1v) is 13.2. The van der Waals surface area contributed by atoms with E-state index < -0.39 is 5.91 Å². The van der Waals surface area contributed by atoms with Crippen molar-refractivity contribution in [2.75, 3.05) is 58.7 Å². The first kappa shape index (κ1) is 28.4. The van der Waals surface area contributed by atoms with E-state index in [1.54, 1.807) is 41.3 Å². The number of halogens is 2. The molecular weight excluding hydrogens is 541 g/mol. The molecule has 2 aliphatic rings. The molecule has 2 aromatic rings. The molecule has 0 atom stereocenters. The molecule has 1 fully saturated rings. The van der Waals surface area contributed by atoms with Crippen molar-refractivity contribution >= 4 is 52.3 Å². The highest BCUT2D eigenvalue weighted by Gasteiger charge is 2.24. The lowest BCUT2D eigenvalue weighted by Gasteiger charge is -2.32. The second-order valence-electron chi connectivity index (χ2n) is 9.33. The van der Waals surface area contributed by atoms with Crippen molar-refractivity contribution in [1.82, 2.24) is 14.7 Å². The molecule has 4 N–H and O–H groups in total. The van der Waals surface area contributed by atoms with Gasteiger partial charge in [-0.15, -0.1) is 0 Å². The number of hydrogen-bond donors (Lipinski definition) is 3. The predicted molar refractivity (Wildman–Crippen MR) is 154 cm³/mol. The normalized spacial score (nSPS) is 17.1. The average molecular weight is 572 g/mol. The van der Waals surface area contributed by atoms with Crippen LogP contribution < -0.4 is 15.8 Å². The van der Waals surface area contributed by atoms with Crippen LogP contribution >= 0.6 is 23.2 Å². The molecule has 12 heteroatoms. The maximum absolute atomic E-state index is 13.0. The van der Waals surface area contributed by atoms with E-state index in [1.165, 1.54) is 13.2 Å². The number of nitrogens with zero attached hydrogens (tertiary/aromatic N) is 4. The van der Waals surface area contributed by atoms with Crippen LogP contribution in [0.15, 0.2) is 53.2 Å². The first-order chi connectivity index (χ1) is 18.7. The Hall–Kier alpha value is -3.60. The van der Waals surface area contributed by atoms with Crippen LogP contribution in [0.5, 0.6) is 5.75 Å². The molecule has 2 heterocycles.